The van der Waals surface area contributed by atoms with E-state index >= 15 is 0 Å². The Kier molecular flexibility index (Phi) is 5.78. The van der Waals surface area contributed by atoms with Gasteiger partial charge in [-0.25, -0.2) is 0 Å². The smallest absolute Gasteiger partial charge is 0.161 e. The molecule has 2 aromatic carbocycles. The SMILES string of the molecule is COCCOc1cc(CN2C[C@@H]3ON=C(c4ccccc4)[C@H]3C2)ccc1OC. The molecule has 6 heteroatoms. The molecule has 1 saturated heterocycles. The van der Waals surface area contributed by atoms with Crippen molar-refractivity contribution in [3.05, 3.63) is 59.7 Å². The van der Waals surface area contributed by atoms with Crippen LogP contribution in [0, 0.1) is 5.92 Å². The first-order chi connectivity index (χ1) is 13.8. The Bertz CT molecular complexity index is 825. The highest BCUT2D eigenvalue weighted by Gasteiger charge is 2.42. The molecule has 4 rings (SSSR count). The lowest BCUT2D eigenvalue weighted by molar-refractivity contribution is 0.0745. The zero-order chi connectivity index (χ0) is 19.3. The quantitative estimate of drug-likeness (QED) is 0.657. The van der Waals surface area contributed by atoms with E-state index in [1.54, 1.807) is 14.2 Å². The number of benzene rings is 2. The van der Waals surface area contributed by atoms with Crippen molar-refractivity contribution in [2.45, 2.75) is 12.6 Å². The summed E-state index contributed by atoms with van der Waals surface area (Å²) in [5.41, 5.74) is 3.40. The largest absolute Gasteiger partial charge is 0.493 e. The van der Waals surface area contributed by atoms with E-state index in [2.05, 4.69) is 34.3 Å². The van der Waals surface area contributed by atoms with E-state index in [1.165, 1.54) is 5.56 Å². The Hall–Kier alpha value is -2.57. The molecule has 0 spiro atoms. The van der Waals surface area contributed by atoms with Gasteiger partial charge in [-0.1, -0.05) is 41.6 Å². The highest BCUT2D eigenvalue weighted by molar-refractivity contribution is 6.03. The number of rotatable bonds is 8. The van der Waals surface area contributed by atoms with Crippen molar-refractivity contribution >= 4 is 5.71 Å². The van der Waals surface area contributed by atoms with Gasteiger partial charge in [-0.05, 0) is 23.3 Å². The predicted octanol–water partition coefficient (Wildman–Crippen LogP) is 2.96. The average molecular weight is 382 g/mol. The van der Waals surface area contributed by atoms with Crippen LogP contribution in [0.5, 0.6) is 11.5 Å². The second-order valence-electron chi connectivity index (χ2n) is 7.11. The molecule has 1 fully saturated rings. The average Bonchev–Trinajstić information content (AvgIpc) is 3.29. The van der Waals surface area contributed by atoms with Gasteiger partial charge in [0.25, 0.3) is 0 Å². The minimum Gasteiger partial charge on any atom is -0.493 e. The van der Waals surface area contributed by atoms with Crippen LogP contribution < -0.4 is 9.47 Å². The van der Waals surface area contributed by atoms with Crippen LogP contribution in [0.15, 0.2) is 53.7 Å². The van der Waals surface area contributed by atoms with E-state index in [0.29, 0.717) is 19.1 Å². The molecule has 0 N–H and O–H groups in total. The van der Waals surface area contributed by atoms with E-state index in [-0.39, 0.29) is 6.10 Å². The van der Waals surface area contributed by atoms with Crippen molar-refractivity contribution in [3.63, 3.8) is 0 Å². The second-order valence-corrected chi connectivity index (χ2v) is 7.11. The number of oxime groups is 1. The normalized spacial score (nSPS) is 21.1. The minimum atomic E-state index is 0.130. The summed E-state index contributed by atoms with van der Waals surface area (Å²) in [6, 6.07) is 16.4. The lowest BCUT2D eigenvalue weighted by Crippen LogP contribution is -2.23. The van der Waals surface area contributed by atoms with E-state index in [9.17, 15) is 0 Å². The molecule has 2 aliphatic heterocycles. The third-order valence-corrected chi connectivity index (χ3v) is 5.23. The van der Waals surface area contributed by atoms with Crippen molar-refractivity contribution in [3.8, 4) is 11.5 Å². The van der Waals surface area contributed by atoms with E-state index < -0.39 is 0 Å². The Morgan fingerprint density at radius 3 is 2.68 bits per heavy atom. The van der Waals surface area contributed by atoms with Crippen LogP contribution in [-0.2, 0) is 16.1 Å². The van der Waals surface area contributed by atoms with Gasteiger partial charge in [0.05, 0.1) is 25.3 Å². The highest BCUT2D eigenvalue weighted by atomic mass is 16.6. The fraction of sp³-hybridized carbons (Fsp3) is 0.409. The third kappa shape index (κ3) is 3.98. The molecule has 0 aromatic heterocycles. The Morgan fingerprint density at radius 2 is 1.89 bits per heavy atom. The highest BCUT2D eigenvalue weighted by Crippen LogP contribution is 2.33. The number of fused-ring (bicyclic) bond motifs is 1. The first-order valence-electron chi connectivity index (χ1n) is 9.58. The van der Waals surface area contributed by atoms with Gasteiger partial charge in [0.15, 0.2) is 11.5 Å². The number of hydrogen-bond donors (Lipinski definition) is 0. The maximum atomic E-state index is 5.81. The molecule has 0 amide bonds. The van der Waals surface area contributed by atoms with Gasteiger partial charge in [-0.2, -0.15) is 0 Å². The molecule has 0 unspecified atom stereocenters. The Balaban J connectivity index is 1.42. The van der Waals surface area contributed by atoms with Gasteiger partial charge in [0, 0.05) is 26.7 Å². The van der Waals surface area contributed by atoms with Gasteiger partial charge in [-0.3, -0.25) is 4.90 Å². The minimum absolute atomic E-state index is 0.130. The number of nitrogens with zero attached hydrogens (tertiary/aromatic N) is 2. The van der Waals surface area contributed by atoms with Crippen molar-refractivity contribution in [1.82, 2.24) is 4.90 Å². The summed E-state index contributed by atoms with van der Waals surface area (Å²) in [5, 5.41) is 4.35. The Labute approximate surface area is 165 Å². The second kappa shape index (κ2) is 8.63. The molecule has 148 valence electrons. The maximum Gasteiger partial charge on any atom is 0.161 e. The molecule has 0 radical (unpaired) electrons. The van der Waals surface area contributed by atoms with Crippen LogP contribution in [0.2, 0.25) is 0 Å². The number of methoxy groups -OCH3 is 2. The van der Waals surface area contributed by atoms with E-state index in [1.807, 2.05) is 24.3 Å². The van der Waals surface area contributed by atoms with Crippen molar-refractivity contribution < 1.29 is 19.0 Å². The first kappa shape index (κ1) is 18.8. The summed E-state index contributed by atoms with van der Waals surface area (Å²) >= 11 is 0. The number of hydrogen-bond acceptors (Lipinski definition) is 6. The number of likely N-dealkylation sites (tertiary alicyclic amines) is 1. The summed E-state index contributed by atoms with van der Waals surface area (Å²) in [4.78, 5) is 8.14. The fourth-order valence-electron chi connectivity index (χ4n) is 3.84. The van der Waals surface area contributed by atoms with Gasteiger partial charge in [0.2, 0.25) is 0 Å². The molecule has 0 aliphatic carbocycles. The molecule has 2 heterocycles. The van der Waals surface area contributed by atoms with Crippen LogP contribution in [-0.4, -0.2) is 57.2 Å². The molecular weight excluding hydrogens is 356 g/mol. The van der Waals surface area contributed by atoms with Crippen LogP contribution in [0.1, 0.15) is 11.1 Å². The third-order valence-electron chi connectivity index (χ3n) is 5.23. The zero-order valence-electron chi connectivity index (χ0n) is 16.3. The van der Waals surface area contributed by atoms with Crippen molar-refractivity contribution in [2.24, 2.45) is 11.1 Å². The summed E-state index contributed by atoms with van der Waals surface area (Å²) in [7, 11) is 3.32. The topological polar surface area (TPSA) is 52.5 Å². The lowest BCUT2D eigenvalue weighted by Gasteiger charge is -2.18. The van der Waals surface area contributed by atoms with Gasteiger partial charge in [-0.15, -0.1) is 0 Å². The van der Waals surface area contributed by atoms with Crippen LogP contribution in [0.4, 0.5) is 0 Å². The summed E-state index contributed by atoms with van der Waals surface area (Å²) in [6.45, 7) is 3.68. The van der Waals surface area contributed by atoms with Crippen LogP contribution in [0.25, 0.3) is 0 Å². The predicted molar refractivity (Wildman–Crippen MR) is 107 cm³/mol. The summed E-state index contributed by atoms with van der Waals surface area (Å²) in [6.07, 6.45) is 0.130. The molecule has 2 aliphatic rings. The molecular formula is C22H26N2O4. The number of ether oxygens (including phenoxy) is 3. The first-order valence-corrected chi connectivity index (χ1v) is 9.58. The van der Waals surface area contributed by atoms with Gasteiger partial charge < -0.3 is 19.0 Å². The van der Waals surface area contributed by atoms with Crippen molar-refractivity contribution in [2.75, 3.05) is 40.5 Å². The molecule has 2 atom stereocenters. The molecule has 28 heavy (non-hydrogen) atoms. The van der Waals surface area contributed by atoms with E-state index in [0.717, 1.165) is 42.4 Å². The summed E-state index contributed by atoms with van der Waals surface area (Å²) in [5.74, 6) is 1.80. The fourth-order valence-corrected chi connectivity index (χ4v) is 3.84. The van der Waals surface area contributed by atoms with E-state index in [4.69, 9.17) is 19.0 Å². The zero-order valence-corrected chi connectivity index (χ0v) is 16.3. The molecule has 0 saturated carbocycles. The monoisotopic (exact) mass is 382 g/mol. The Morgan fingerprint density at radius 1 is 1.04 bits per heavy atom. The van der Waals surface area contributed by atoms with Gasteiger partial charge >= 0.3 is 0 Å². The standard InChI is InChI=1S/C22H26N2O4/c1-25-10-11-27-20-12-16(8-9-19(20)26-2)13-24-14-18-21(15-24)28-23-22(18)17-6-4-3-5-7-17/h3-9,12,18,21H,10-11,13-15H2,1-2H3/t18-,21-/m0/s1. The lowest BCUT2D eigenvalue weighted by atomic mass is 9.95. The van der Waals surface area contributed by atoms with Crippen molar-refractivity contribution in [1.29, 1.82) is 0 Å². The molecule has 0 bridgehead atoms. The summed E-state index contributed by atoms with van der Waals surface area (Å²) < 4.78 is 16.3. The van der Waals surface area contributed by atoms with Gasteiger partial charge in [0.1, 0.15) is 12.7 Å². The molecule has 2 aromatic rings. The van der Waals surface area contributed by atoms with Crippen LogP contribution >= 0.6 is 0 Å². The maximum absolute atomic E-state index is 5.81. The van der Waals surface area contributed by atoms with Crippen LogP contribution in [0.3, 0.4) is 0 Å². The molecule has 6 nitrogen and oxygen atoms in total.